The van der Waals surface area contributed by atoms with Crippen molar-refractivity contribution >= 4 is 5.78 Å². The number of ketones is 1. The molecule has 0 spiro atoms. The van der Waals surface area contributed by atoms with E-state index in [1.54, 1.807) is 48.5 Å². The van der Waals surface area contributed by atoms with Crippen molar-refractivity contribution in [3.8, 4) is 17.9 Å². The molecule has 0 aliphatic rings. The van der Waals surface area contributed by atoms with Crippen molar-refractivity contribution in [2.45, 2.75) is 26.5 Å². The SMILES string of the molecule is CC(C)n1cc(C(=O)c2ccccc2OCc2ccc(C#N)cc2)cc(C#N)c1=O. The second-order valence-corrected chi connectivity index (χ2v) is 6.98. The number of carbonyl (C=O) groups excluding carboxylic acids is 1. The maximum atomic E-state index is 13.2. The van der Waals surface area contributed by atoms with Gasteiger partial charge in [0.1, 0.15) is 24.0 Å². The standard InChI is InChI=1S/C24H19N3O3/c1-16(2)27-14-20(11-19(13-26)24(27)29)23(28)21-5-3-4-6-22(21)30-15-18-9-7-17(12-25)8-10-18/h3-11,14,16H,15H2,1-2H3. The summed E-state index contributed by atoms with van der Waals surface area (Å²) in [6, 6.07) is 18.9. The zero-order valence-corrected chi connectivity index (χ0v) is 16.6. The van der Waals surface area contributed by atoms with Gasteiger partial charge < -0.3 is 9.30 Å². The van der Waals surface area contributed by atoms with Crippen LogP contribution in [0.3, 0.4) is 0 Å². The van der Waals surface area contributed by atoms with Crippen LogP contribution in [0.5, 0.6) is 5.75 Å². The molecule has 0 aliphatic carbocycles. The minimum absolute atomic E-state index is 0.0782. The summed E-state index contributed by atoms with van der Waals surface area (Å²) < 4.78 is 7.24. The Labute approximate surface area is 174 Å². The Kier molecular flexibility index (Phi) is 6.10. The van der Waals surface area contributed by atoms with Crippen LogP contribution in [-0.4, -0.2) is 10.4 Å². The highest BCUT2D eigenvalue weighted by Crippen LogP contribution is 2.23. The van der Waals surface area contributed by atoms with E-state index in [0.29, 0.717) is 16.9 Å². The molecule has 3 aromatic rings. The Bertz CT molecular complexity index is 1230. The van der Waals surface area contributed by atoms with E-state index < -0.39 is 5.56 Å². The van der Waals surface area contributed by atoms with Crippen LogP contribution >= 0.6 is 0 Å². The van der Waals surface area contributed by atoms with Crippen molar-refractivity contribution in [2.24, 2.45) is 0 Å². The fourth-order valence-corrected chi connectivity index (χ4v) is 2.96. The number of pyridine rings is 1. The van der Waals surface area contributed by atoms with Gasteiger partial charge in [0.25, 0.3) is 5.56 Å². The largest absolute Gasteiger partial charge is 0.488 e. The molecule has 0 fully saturated rings. The van der Waals surface area contributed by atoms with Gasteiger partial charge in [0.2, 0.25) is 0 Å². The van der Waals surface area contributed by atoms with Gasteiger partial charge in [0.05, 0.1) is 17.2 Å². The summed E-state index contributed by atoms with van der Waals surface area (Å²) in [6.07, 6.45) is 1.48. The van der Waals surface area contributed by atoms with Gasteiger partial charge in [0.15, 0.2) is 5.78 Å². The third-order valence-electron chi connectivity index (χ3n) is 4.59. The average Bonchev–Trinajstić information content (AvgIpc) is 2.77. The molecular weight excluding hydrogens is 378 g/mol. The second-order valence-electron chi connectivity index (χ2n) is 6.98. The quantitative estimate of drug-likeness (QED) is 0.586. The van der Waals surface area contributed by atoms with Crippen LogP contribution in [0.25, 0.3) is 0 Å². The monoisotopic (exact) mass is 397 g/mol. The van der Waals surface area contributed by atoms with Gasteiger partial charge in [-0.1, -0.05) is 24.3 Å². The van der Waals surface area contributed by atoms with Crippen LogP contribution in [-0.2, 0) is 6.61 Å². The third kappa shape index (κ3) is 4.29. The zero-order valence-electron chi connectivity index (χ0n) is 16.6. The van der Waals surface area contributed by atoms with Gasteiger partial charge in [-0.25, -0.2) is 0 Å². The molecule has 0 aliphatic heterocycles. The molecule has 6 heteroatoms. The van der Waals surface area contributed by atoms with Crippen LogP contribution in [0.2, 0.25) is 0 Å². The minimum atomic E-state index is -0.422. The van der Waals surface area contributed by atoms with Crippen LogP contribution in [0, 0.1) is 22.7 Å². The lowest BCUT2D eigenvalue weighted by Crippen LogP contribution is -2.25. The summed E-state index contributed by atoms with van der Waals surface area (Å²) >= 11 is 0. The molecule has 2 aromatic carbocycles. The van der Waals surface area contributed by atoms with Crippen LogP contribution in [0.4, 0.5) is 0 Å². The van der Waals surface area contributed by atoms with Crippen molar-refractivity contribution in [2.75, 3.05) is 0 Å². The van der Waals surface area contributed by atoms with Gasteiger partial charge in [0, 0.05) is 17.8 Å². The van der Waals surface area contributed by atoms with E-state index in [-0.39, 0.29) is 29.6 Å². The molecule has 0 unspecified atom stereocenters. The Morgan fingerprint density at radius 2 is 1.77 bits per heavy atom. The molecule has 1 aromatic heterocycles. The highest BCUT2D eigenvalue weighted by molar-refractivity contribution is 6.10. The van der Waals surface area contributed by atoms with Gasteiger partial charge >= 0.3 is 0 Å². The van der Waals surface area contributed by atoms with E-state index in [0.717, 1.165) is 5.56 Å². The predicted molar refractivity (Wildman–Crippen MR) is 111 cm³/mol. The smallest absolute Gasteiger partial charge is 0.268 e. The molecule has 0 saturated heterocycles. The van der Waals surface area contributed by atoms with E-state index in [2.05, 4.69) is 6.07 Å². The molecule has 1 heterocycles. The maximum Gasteiger partial charge on any atom is 0.268 e. The number of aromatic nitrogens is 1. The van der Waals surface area contributed by atoms with Crippen LogP contribution < -0.4 is 10.3 Å². The normalized spacial score (nSPS) is 10.3. The first kappa shape index (κ1) is 20.6. The Hall–Kier alpha value is -4.16. The molecule has 0 saturated carbocycles. The second kappa shape index (κ2) is 8.89. The highest BCUT2D eigenvalue weighted by atomic mass is 16.5. The van der Waals surface area contributed by atoms with Crippen molar-refractivity contribution < 1.29 is 9.53 Å². The molecular formula is C24H19N3O3. The van der Waals surface area contributed by atoms with E-state index in [1.807, 2.05) is 19.9 Å². The summed E-state index contributed by atoms with van der Waals surface area (Å²) in [6.45, 7) is 3.85. The number of hydrogen-bond donors (Lipinski definition) is 0. The summed E-state index contributed by atoms with van der Waals surface area (Å²) in [5.74, 6) is 0.0593. The average molecular weight is 397 g/mol. The number of carbonyl (C=O) groups is 1. The molecule has 0 atom stereocenters. The number of hydrogen-bond acceptors (Lipinski definition) is 5. The first-order valence-electron chi connectivity index (χ1n) is 9.36. The lowest BCUT2D eigenvalue weighted by Gasteiger charge is -2.14. The first-order chi connectivity index (χ1) is 14.4. The summed E-state index contributed by atoms with van der Waals surface area (Å²) in [4.78, 5) is 25.5. The van der Waals surface area contributed by atoms with Gasteiger partial charge in [-0.2, -0.15) is 10.5 Å². The molecule has 0 amide bonds. The van der Waals surface area contributed by atoms with Gasteiger partial charge in [-0.15, -0.1) is 0 Å². The molecule has 0 N–H and O–H groups in total. The number of para-hydroxylation sites is 1. The van der Waals surface area contributed by atoms with Crippen molar-refractivity contribution in [1.29, 1.82) is 10.5 Å². The molecule has 0 bridgehead atoms. The molecule has 30 heavy (non-hydrogen) atoms. The van der Waals surface area contributed by atoms with Crippen molar-refractivity contribution in [1.82, 2.24) is 4.57 Å². The Balaban J connectivity index is 1.92. The summed E-state index contributed by atoms with van der Waals surface area (Å²) in [5.41, 5.74) is 1.50. The highest BCUT2D eigenvalue weighted by Gasteiger charge is 2.18. The number of benzene rings is 2. The topological polar surface area (TPSA) is 95.9 Å². The van der Waals surface area contributed by atoms with E-state index >= 15 is 0 Å². The van der Waals surface area contributed by atoms with Crippen molar-refractivity contribution in [3.63, 3.8) is 0 Å². The third-order valence-corrected chi connectivity index (χ3v) is 4.59. The van der Waals surface area contributed by atoms with Crippen molar-refractivity contribution in [3.05, 3.63) is 99.0 Å². The summed E-state index contributed by atoms with van der Waals surface area (Å²) in [7, 11) is 0. The number of nitriles is 2. The predicted octanol–water partition coefficient (Wildman–Crippen LogP) is 3.98. The number of ether oxygens (including phenoxy) is 1. The fourth-order valence-electron chi connectivity index (χ4n) is 2.96. The molecule has 148 valence electrons. The summed E-state index contributed by atoms with van der Waals surface area (Å²) in [5, 5.41) is 18.2. The van der Waals surface area contributed by atoms with Crippen LogP contribution in [0.1, 0.15) is 52.5 Å². The van der Waals surface area contributed by atoms with E-state index in [4.69, 9.17) is 10.00 Å². The Morgan fingerprint density at radius 3 is 2.40 bits per heavy atom. The minimum Gasteiger partial charge on any atom is -0.488 e. The Morgan fingerprint density at radius 1 is 1.07 bits per heavy atom. The number of nitrogens with zero attached hydrogens (tertiary/aromatic N) is 3. The molecule has 6 nitrogen and oxygen atoms in total. The number of rotatable bonds is 6. The first-order valence-corrected chi connectivity index (χ1v) is 9.36. The maximum absolute atomic E-state index is 13.2. The lowest BCUT2D eigenvalue weighted by atomic mass is 10.0. The van der Waals surface area contributed by atoms with E-state index in [9.17, 15) is 14.9 Å². The van der Waals surface area contributed by atoms with E-state index in [1.165, 1.54) is 16.8 Å². The molecule has 0 radical (unpaired) electrons. The van der Waals surface area contributed by atoms with Gasteiger partial charge in [-0.05, 0) is 49.7 Å². The van der Waals surface area contributed by atoms with Crippen LogP contribution in [0.15, 0.2) is 65.6 Å². The molecule has 3 rings (SSSR count). The zero-order chi connectivity index (χ0) is 21.7. The fraction of sp³-hybridized carbons (Fsp3) is 0.167. The lowest BCUT2D eigenvalue weighted by molar-refractivity contribution is 0.103. The van der Waals surface area contributed by atoms with Gasteiger partial charge in [-0.3, -0.25) is 9.59 Å².